The summed E-state index contributed by atoms with van der Waals surface area (Å²) in [5, 5.41) is 0.0897. The van der Waals surface area contributed by atoms with Crippen LogP contribution in [-0.4, -0.2) is 12.4 Å². The van der Waals surface area contributed by atoms with Gasteiger partial charge in [-0.1, -0.05) is 11.6 Å². The molecule has 19 heavy (non-hydrogen) atoms. The number of ketones is 1. The molecule has 98 valence electrons. The van der Waals surface area contributed by atoms with Crippen molar-refractivity contribution in [2.45, 2.75) is 0 Å². The van der Waals surface area contributed by atoms with Gasteiger partial charge in [0.05, 0.1) is 5.02 Å². The molecule has 0 fully saturated rings. The molecule has 0 saturated carbocycles. The van der Waals surface area contributed by atoms with Gasteiger partial charge in [0, 0.05) is 5.56 Å². The van der Waals surface area contributed by atoms with Crippen molar-refractivity contribution in [3.8, 4) is 5.75 Å². The number of Topliss-reactive ketones (excluding diaryl/α,β-unsaturated/α-hetero) is 1. The molecule has 0 heterocycles. The number of hydrogen-bond donors (Lipinski definition) is 0. The van der Waals surface area contributed by atoms with Crippen molar-refractivity contribution < 1.29 is 18.3 Å². The summed E-state index contributed by atoms with van der Waals surface area (Å²) in [5.41, 5.74) is 0.333. The minimum Gasteiger partial charge on any atom is -0.484 e. The van der Waals surface area contributed by atoms with E-state index in [2.05, 4.69) is 0 Å². The molecule has 0 N–H and O–H groups in total. The van der Waals surface area contributed by atoms with Crippen LogP contribution in [-0.2, 0) is 0 Å². The SMILES string of the molecule is O=C(COc1ccc(F)cc1Cl)c1ccc(F)cc1. The zero-order valence-corrected chi connectivity index (χ0v) is 10.5. The number of rotatable bonds is 4. The molecule has 0 bridgehead atoms. The van der Waals surface area contributed by atoms with Gasteiger partial charge in [0.2, 0.25) is 0 Å². The number of carbonyl (C=O) groups excluding carboxylic acids is 1. The van der Waals surface area contributed by atoms with Crippen LogP contribution in [0.25, 0.3) is 0 Å². The van der Waals surface area contributed by atoms with E-state index in [9.17, 15) is 13.6 Å². The monoisotopic (exact) mass is 282 g/mol. The maximum absolute atomic E-state index is 12.8. The molecule has 0 amide bonds. The molecule has 0 spiro atoms. The van der Waals surface area contributed by atoms with Crippen LogP contribution in [0.5, 0.6) is 5.75 Å². The topological polar surface area (TPSA) is 26.3 Å². The second-order valence-corrected chi connectivity index (χ2v) is 4.20. The quantitative estimate of drug-likeness (QED) is 0.796. The summed E-state index contributed by atoms with van der Waals surface area (Å²) in [6.45, 7) is -0.253. The van der Waals surface area contributed by atoms with Crippen molar-refractivity contribution in [3.63, 3.8) is 0 Å². The van der Waals surface area contributed by atoms with E-state index in [0.29, 0.717) is 5.56 Å². The summed E-state index contributed by atoms with van der Waals surface area (Å²) in [4.78, 5) is 11.7. The zero-order chi connectivity index (χ0) is 13.8. The molecular weight excluding hydrogens is 274 g/mol. The number of carbonyl (C=O) groups is 1. The molecule has 0 unspecified atom stereocenters. The molecular formula is C14H9ClF2O2. The predicted octanol–water partition coefficient (Wildman–Crippen LogP) is 3.88. The minimum absolute atomic E-state index is 0.0897. The van der Waals surface area contributed by atoms with Crippen molar-refractivity contribution in [2.75, 3.05) is 6.61 Å². The average Bonchev–Trinajstić information content (AvgIpc) is 2.38. The fourth-order valence-corrected chi connectivity index (χ4v) is 1.68. The predicted molar refractivity (Wildman–Crippen MR) is 67.6 cm³/mol. The highest BCUT2D eigenvalue weighted by Gasteiger charge is 2.09. The van der Waals surface area contributed by atoms with Crippen molar-refractivity contribution in [1.29, 1.82) is 0 Å². The molecule has 0 aromatic heterocycles. The first kappa shape index (κ1) is 13.5. The first-order valence-electron chi connectivity index (χ1n) is 5.43. The second kappa shape index (κ2) is 5.80. The van der Waals surface area contributed by atoms with Gasteiger partial charge in [-0.2, -0.15) is 0 Å². The van der Waals surface area contributed by atoms with Crippen LogP contribution in [0.15, 0.2) is 42.5 Å². The van der Waals surface area contributed by atoms with E-state index >= 15 is 0 Å². The Morgan fingerprint density at radius 3 is 2.32 bits per heavy atom. The summed E-state index contributed by atoms with van der Waals surface area (Å²) >= 11 is 5.75. The smallest absolute Gasteiger partial charge is 0.200 e. The van der Waals surface area contributed by atoms with Crippen molar-refractivity contribution >= 4 is 17.4 Å². The van der Waals surface area contributed by atoms with Crippen LogP contribution in [0.1, 0.15) is 10.4 Å². The minimum atomic E-state index is -0.484. The van der Waals surface area contributed by atoms with Gasteiger partial charge in [-0.05, 0) is 42.5 Å². The van der Waals surface area contributed by atoms with Gasteiger partial charge in [-0.25, -0.2) is 8.78 Å². The van der Waals surface area contributed by atoms with Gasteiger partial charge in [0.25, 0.3) is 0 Å². The Morgan fingerprint density at radius 2 is 1.68 bits per heavy atom. The fourth-order valence-electron chi connectivity index (χ4n) is 1.45. The third-order valence-electron chi connectivity index (χ3n) is 2.42. The molecule has 2 nitrogen and oxygen atoms in total. The normalized spacial score (nSPS) is 10.3. The largest absolute Gasteiger partial charge is 0.484 e. The van der Waals surface area contributed by atoms with Gasteiger partial charge in [0.15, 0.2) is 12.4 Å². The highest BCUT2D eigenvalue weighted by Crippen LogP contribution is 2.24. The lowest BCUT2D eigenvalue weighted by atomic mass is 10.1. The Morgan fingerprint density at radius 1 is 1.05 bits per heavy atom. The Balaban J connectivity index is 2.02. The van der Waals surface area contributed by atoms with Crippen LogP contribution >= 0.6 is 11.6 Å². The zero-order valence-electron chi connectivity index (χ0n) is 9.70. The molecule has 0 atom stereocenters. The van der Waals surface area contributed by atoms with E-state index in [0.717, 1.165) is 6.07 Å². The van der Waals surface area contributed by atoms with Crippen molar-refractivity contribution in [1.82, 2.24) is 0 Å². The first-order valence-corrected chi connectivity index (χ1v) is 5.80. The Hall–Kier alpha value is -1.94. The van der Waals surface area contributed by atoms with Crippen molar-refractivity contribution in [2.24, 2.45) is 0 Å². The van der Waals surface area contributed by atoms with Gasteiger partial charge < -0.3 is 4.74 Å². The molecule has 0 radical (unpaired) electrons. The van der Waals surface area contributed by atoms with E-state index < -0.39 is 11.6 Å². The van der Waals surface area contributed by atoms with Crippen LogP contribution in [0, 0.1) is 11.6 Å². The molecule has 0 aliphatic heterocycles. The van der Waals surface area contributed by atoms with E-state index in [4.69, 9.17) is 16.3 Å². The van der Waals surface area contributed by atoms with E-state index in [1.165, 1.54) is 36.4 Å². The summed E-state index contributed by atoms with van der Waals surface area (Å²) in [6, 6.07) is 8.75. The average molecular weight is 283 g/mol. The molecule has 0 aliphatic rings. The van der Waals surface area contributed by atoms with Gasteiger partial charge in [-0.15, -0.1) is 0 Å². The molecule has 0 aliphatic carbocycles. The number of hydrogen-bond acceptors (Lipinski definition) is 2. The van der Waals surface area contributed by atoms with Crippen LogP contribution in [0.4, 0.5) is 8.78 Å². The summed E-state index contributed by atoms with van der Waals surface area (Å²) < 4.78 is 30.7. The maximum atomic E-state index is 12.8. The molecule has 2 aromatic rings. The number of ether oxygens (including phenoxy) is 1. The highest BCUT2D eigenvalue weighted by molar-refractivity contribution is 6.32. The van der Waals surface area contributed by atoms with E-state index in [-0.39, 0.29) is 23.2 Å². The third kappa shape index (κ3) is 3.51. The fraction of sp³-hybridized carbons (Fsp3) is 0.0714. The molecule has 0 saturated heterocycles. The van der Waals surface area contributed by atoms with Gasteiger partial charge in [-0.3, -0.25) is 4.79 Å². The van der Waals surface area contributed by atoms with E-state index in [1.54, 1.807) is 0 Å². The van der Waals surface area contributed by atoms with Gasteiger partial charge >= 0.3 is 0 Å². The Bertz CT molecular complexity index is 597. The van der Waals surface area contributed by atoms with Crippen molar-refractivity contribution in [3.05, 3.63) is 64.7 Å². The maximum Gasteiger partial charge on any atom is 0.200 e. The third-order valence-corrected chi connectivity index (χ3v) is 2.71. The highest BCUT2D eigenvalue weighted by atomic mass is 35.5. The van der Waals surface area contributed by atoms with Crippen LogP contribution in [0.2, 0.25) is 5.02 Å². The Labute approximate surface area is 113 Å². The summed E-state index contributed by atoms with van der Waals surface area (Å²) in [6.07, 6.45) is 0. The molecule has 5 heteroatoms. The summed E-state index contributed by atoms with van der Waals surface area (Å²) in [7, 11) is 0. The lowest BCUT2D eigenvalue weighted by Crippen LogP contribution is -2.11. The van der Waals surface area contributed by atoms with Crippen LogP contribution < -0.4 is 4.74 Å². The number of benzene rings is 2. The second-order valence-electron chi connectivity index (χ2n) is 3.79. The van der Waals surface area contributed by atoms with Crippen LogP contribution in [0.3, 0.4) is 0 Å². The lowest BCUT2D eigenvalue weighted by Gasteiger charge is -2.07. The molecule has 2 rings (SSSR count). The first-order chi connectivity index (χ1) is 9.06. The lowest BCUT2D eigenvalue weighted by molar-refractivity contribution is 0.0921. The standard InChI is InChI=1S/C14H9ClF2O2/c15-12-7-11(17)5-6-14(12)19-8-13(18)9-1-3-10(16)4-2-9/h1-7H,8H2. The van der Waals surface area contributed by atoms with E-state index in [1.807, 2.05) is 0 Å². The summed E-state index contributed by atoms with van der Waals surface area (Å²) in [5.74, 6) is -1.000. The molecule has 2 aromatic carbocycles. The Kier molecular flexibility index (Phi) is 4.12. The number of halogens is 3. The van der Waals surface area contributed by atoms with Gasteiger partial charge in [0.1, 0.15) is 17.4 Å².